The predicted molar refractivity (Wildman–Crippen MR) is 71.3 cm³/mol. The molecule has 0 unspecified atom stereocenters. The second kappa shape index (κ2) is 5.48. The Bertz CT molecular complexity index is 425. The van der Waals surface area contributed by atoms with E-state index in [1.165, 1.54) is 0 Å². The Labute approximate surface area is 108 Å². The summed E-state index contributed by atoms with van der Waals surface area (Å²) in [5.74, 6) is 0.0617. The van der Waals surface area contributed by atoms with Crippen molar-refractivity contribution < 1.29 is 4.79 Å². The van der Waals surface area contributed by atoms with E-state index in [2.05, 4.69) is 4.98 Å². The molecular formula is C14H21N3O. The van der Waals surface area contributed by atoms with Crippen LogP contribution in [-0.2, 0) is 0 Å². The first-order chi connectivity index (χ1) is 8.58. The summed E-state index contributed by atoms with van der Waals surface area (Å²) >= 11 is 0. The SMILES string of the molecule is Cc1cncc(C(=O)N(C)C2CCC(N)CC2)c1. The molecule has 4 heteroatoms. The van der Waals surface area contributed by atoms with Gasteiger partial charge in [0.05, 0.1) is 5.56 Å². The lowest BCUT2D eigenvalue weighted by molar-refractivity contribution is 0.0689. The third-order valence-corrected chi connectivity index (χ3v) is 3.73. The number of amides is 1. The highest BCUT2D eigenvalue weighted by Gasteiger charge is 2.25. The molecule has 0 aliphatic heterocycles. The molecule has 0 atom stereocenters. The van der Waals surface area contributed by atoms with Gasteiger partial charge in [0.25, 0.3) is 5.91 Å². The summed E-state index contributed by atoms with van der Waals surface area (Å²) in [5.41, 5.74) is 7.58. The fourth-order valence-electron chi connectivity index (χ4n) is 2.53. The maximum atomic E-state index is 12.3. The van der Waals surface area contributed by atoms with Crippen LogP contribution < -0.4 is 5.73 Å². The van der Waals surface area contributed by atoms with Gasteiger partial charge >= 0.3 is 0 Å². The highest BCUT2D eigenvalue weighted by molar-refractivity contribution is 5.94. The van der Waals surface area contributed by atoms with Gasteiger partial charge in [-0.2, -0.15) is 0 Å². The Morgan fingerprint density at radius 3 is 2.61 bits per heavy atom. The molecule has 1 aromatic rings. The average Bonchev–Trinajstić information content (AvgIpc) is 2.38. The van der Waals surface area contributed by atoms with E-state index < -0.39 is 0 Å². The van der Waals surface area contributed by atoms with Crippen molar-refractivity contribution in [1.82, 2.24) is 9.88 Å². The van der Waals surface area contributed by atoms with Crippen molar-refractivity contribution in [2.45, 2.75) is 44.7 Å². The molecule has 1 fully saturated rings. The summed E-state index contributed by atoms with van der Waals surface area (Å²) in [4.78, 5) is 18.3. The van der Waals surface area contributed by atoms with Crippen LogP contribution in [0.15, 0.2) is 18.5 Å². The van der Waals surface area contributed by atoms with Crippen LogP contribution in [0.2, 0.25) is 0 Å². The molecule has 2 rings (SSSR count). The number of nitrogens with two attached hydrogens (primary N) is 1. The average molecular weight is 247 g/mol. The van der Waals surface area contributed by atoms with Gasteiger partial charge in [-0.15, -0.1) is 0 Å². The molecule has 1 amide bonds. The molecule has 1 aliphatic carbocycles. The smallest absolute Gasteiger partial charge is 0.255 e. The molecule has 2 N–H and O–H groups in total. The van der Waals surface area contributed by atoms with Gasteiger partial charge in [-0.1, -0.05) is 0 Å². The van der Waals surface area contributed by atoms with Crippen LogP contribution in [0.3, 0.4) is 0 Å². The highest BCUT2D eigenvalue weighted by atomic mass is 16.2. The minimum absolute atomic E-state index is 0.0617. The lowest BCUT2D eigenvalue weighted by atomic mass is 9.91. The number of rotatable bonds is 2. The van der Waals surface area contributed by atoms with E-state index in [0.29, 0.717) is 17.6 Å². The van der Waals surface area contributed by atoms with Gasteiger partial charge in [0.2, 0.25) is 0 Å². The van der Waals surface area contributed by atoms with E-state index in [0.717, 1.165) is 31.2 Å². The van der Waals surface area contributed by atoms with Crippen molar-refractivity contribution in [3.05, 3.63) is 29.6 Å². The van der Waals surface area contributed by atoms with Gasteiger partial charge in [-0.25, -0.2) is 0 Å². The molecule has 4 nitrogen and oxygen atoms in total. The molecule has 18 heavy (non-hydrogen) atoms. The van der Waals surface area contributed by atoms with Gasteiger partial charge < -0.3 is 10.6 Å². The normalized spacial score (nSPS) is 23.7. The number of aryl methyl sites for hydroxylation is 1. The Balaban J connectivity index is 2.04. The van der Waals surface area contributed by atoms with Crippen LogP contribution in [0.5, 0.6) is 0 Å². The minimum atomic E-state index is 0.0617. The molecule has 1 saturated carbocycles. The van der Waals surface area contributed by atoms with Gasteiger partial charge in [0.15, 0.2) is 0 Å². The number of aromatic nitrogens is 1. The van der Waals surface area contributed by atoms with Gasteiger partial charge in [-0.05, 0) is 44.2 Å². The Morgan fingerprint density at radius 2 is 2.00 bits per heavy atom. The first-order valence-corrected chi connectivity index (χ1v) is 6.52. The fraction of sp³-hybridized carbons (Fsp3) is 0.571. The maximum Gasteiger partial charge on any atom is 0.255 e. The van der Waals surface area contributed by atoms with Crippen LogP contribution in [0, 0.1) is 6.92 Å². The first kappa shape index (κ1) is 13.0. The van der Waals surface area contributed by atoms with E-state index >= 15 is 0 Å². The Hall–Kier alpha value is -1.42. The van der Waals surface area contributed by atoms with Crippen molar-refractivity contribution in [2.75, 3.05) is 7.05 Å². The van der Waals surface area contributed by atoms with Crippen molar-refractivity contribution in [2.24, 2.45) is 5.73 Å². The van der Waals surface area contributed by atoms with Gasteiger partial charge in [0.1, 0.15) is 0 Å². The van der Waals surface area contributed by atoms with E-state index in [4.69, 9.17) is 5.73 Å². The van der Waals surface area contributed by atoms with E-state index in [1.807, 2.05) is 24.9 Å². The van der Waals surface area contributed by atoms with E-state index in [1.54, 1.807) is 12.4 Å². The molecule has 0 radical (unpaired) electrons. The van der Waals surface area contributed by atoms with Crippen molar-refractivity contribution in [3.8, 4) is 0 Å². The monoisotopic (exact) mass is 247 g/mol. The summed E-state index contributed by atoms with van der Waals surface area (Å²) in [7, 11) is 1.88. The number of carbonyl (C=O) groups is 1. The molecule has 0 saturated heterocycles. The lowest BCUT2D eigenvalue weighted by Gasteiger charge is -2.33. The van der Waals surface area contributed by atoms with Gasteiger partial charge in [-0.3, -0.25) is 9.78 Å². The standard InChI is InChI=1S/C14H21N3O/c1-10-7-11(9-16-8-10)14(18)17(2)13-5-3-12(15)4-6-13/h7-9,12-13H,3-6,15H2,1-2H3. The summed E-state index contributed by atoms with van der Waals surface area (Å²) < 4.78 is 0. The van der Waals surface area contributed by atoms with Crippen molar-refractivity contribution in [1.29, 1.82) is 0 Å². The van der Waals surface area contributed by atoms with Crippen molar-refractivity contribution >= 4 is 5.91 Å². The molecule has 0 spiro atoms. The van der Waals surface area contributed by atoms with Crippen LogP contribution >= 0.6 is 0 Å². The number of pyridine rings is 1. The molecular weight excluding hydrogens is 226 g/mol. The summed E-state index contributed by atoms with van der Waals surface area (Å²) in [6.07, 6.45) is 7.42. The van der Waals surface area contributed by atoms with E-state index in [-0.39, 0.29) is 5.91 Å². The maximum absolute atomic E-state index is 12.3. The number of carbonyl (C=O) groups excluding carboxylic acids is 1. The van der Waals surface area contributed by atoms with Crippen LogP contribution in [-0.4, -0.2) is 34.9 Å². The number of hydrogen-bond donors (Lipinski definition) is 1. The zero-order valence-electron chi connectivity index (χ0n) is 11.1. The van der Waals surface area contributed by atoms with Crippen LogP contribution in [0.4, 0.5) is 0 Å². The second-order valence-corrected chi connectivity index (χ2v) is 5.24. The Kier molecular flexibility index (Phi) is 3.97. The first-order valence-electron chi connectivity index (χ1n) is 6.52. The Morgan fingerprint density at radius 1 is 1.33 bits per heavy atom. The molecule has 1 aliphatic rings. The topological polar surface area (TPSA) is 59.2 Å². The summed E-state index contributed by atoms with van der Waals surface area (Å²) in [6, 6.07) is 2.52. The zero-order valence-corrected chi connectivity index (χ0v) is 11.1. The minimum Gasteiger partial charge on any atom is -0.339 e. The largest absolute Gasteiger partial charge is 0.339 e. The fourth-order valence-corrected chi connectivity index (χ4v) is 2.53. The second-order valence-electron chi connectivity index (χ2n) is 5.24. The number of hydrogen-bond acceptors (Lipinski definition) is 3. The molecule has 0 aromatic carbocycles. The van der Waals surface area contributed by atoms with Gasteiger partial charge in [0, 0.05) is 31.5 Å². The highest BCUT2D eigenvalue weighted by Crippen LogP contribution is 2.22. The summed E-state index contributed by atoms with van der Waals surface area (Å²) in [6.45, 7) is 1.95. The molecule has 98 valence electrons. The summed E-state index contributed by atoms with van der Waals surface area (Å²) in [5, 5.41) is 0. The lowest BCUT2D eigenvalue weighted by Crippen LogP contribution is -2.41. The molecule has 0 bridgehead atoms. The number of nitrogens with zero attached hydrogens (tertiary/aromatic N) is 2. The van der Waals surface area contributed by atoms with Crippen molar-refractivity contribution in [3.63, 3.8) is 0 Å². The predicted octanol–water partition coefficient (Wildman–Crippen LogP) is 1.73. The van der Waals surface area contributed by atoms with Crippen LogP contribution in [0.1, 0.15) is 41.6 Å². The van der Waals surface area contributed by atoms with E-state index in [9.17, 15) is 4.79 Å². The zero-order chi connectivity index (χ0) is 13.1. The molecule has 1 heterocycles. The quantitative estimate of drug-likeness (QED) is 0.866. The third-order valence-electron chi connectivity index (χ3n) is 3.73. The molecule has 1 aromatic heterocycles. The third kappa shape index (κ3) is 2.88. The van der Waals surface area contributed by atoms with Crippen LogP contribution in [0.25, 0.3) is 0 Å².